The van der Waals surface area contributed by atoms with Crippen molar-refractivity contribution < 1.29 is 23.4 Å². The Morgan fingerprint density at radius 2 is 1.71 bits per heavy atom. The summed E-state index contributed by atoms with van der Waals surface area (Å²) in [7, 11) is -7.91. The fourth-order valence-corrected chi connectivity index (χ4v) is 5.50. The molecule has 0 fully saturated rings. The van der Waals surface area contributed by atoms with Crippen LogP contribution in [0.1, 0.15) is 13.8 Å². The minimum Gasteiger partial charge on any atom is -0.341 e. The predicted molar refractivity (Wildman–Crippen MR) is 66.8 cm³/mol. The first-order chi connectivity index (χ1) is 7.73. The molecule has 0 aliphatic heterocycles. The molecule has 2 N–H and O–H groups in total. The van der Waals surface area contributed by atoms with E-state index in [1.807, 2.05) is 0 Å². The van der Waals surface area contributed by atoms with Gasteiger partial charge in [-0.05, 0) is 26.0 Å². The molecule has 2 atom stereocenters. The van der Waals surface area contributed by atoms with Gasteiger partial charge in [-0.15, -0.1) is 0 Å². The van der Waals surface area contributed by atoms with Crippen molar-refractivity contribution in [1.82, 2.24) is 0 Å². The van der Waals surface area contributed by atoms with Crippen LogP contribution < -0.4 is 5.30 Å². The Morgan fingerprint density at radius 1 is 1.18 bits per heavy atom. The van der Waals surface area contributed by atoms with Crippen LogP contribution in [0.15, 0.2) is 30.3 Å². The summed E-state index contributed by atoms with van der Waals surface area (Å²) in [6.07, 6.45) is -0.471. The van der Waals surface area contributed by atoms with Crippen molar-refractivity contribution >= 4 is 20.3 Å². The zero-order valence-electron chi connectivity index (χ0n) is 9.68. The van der Waals surface area contributed by atoms with Crippen molar-refractivity contribution in [3.05, 3.63) is 30.3 Å². The molecule has 17 heavy (non-hydrogen) atoms. The summed E-state index contributed by atoms with van der Waals surface area (Å²) in [5, 5.41) is 0.154. The molecule has 0 heterocycles. The van der Waals surface area contributed by atoms with Crippen LogP contribution in [0.2, 0.25) is 0 Å². The molecule has 0 saturated heterocycles. The fraction of sp³-hybridized carbons (Fsp3) is 0.400. The third kappa shape index (κ3) is 4.74. The van der Waals surface area contributed by atoms with Gasteiger partial charge in [-0.3, -0.25) is 9.13 Å². The summed E-state index contributed by atoms with van der Waals surface area (Å²) in [5.41, 5.74) is 0. The van der Waals surface area contributed by atoms with Gasteiger partial charge in [-0.25, -0.2) is 0 Å². The smallest absolute Gasteiger partial charge is 0.338 e. The lowest BCUT2D eigenvalue weighted by Crippen LogP contribution is -2.10. The average molecular weight is 278 g/mol. The molecular formula is C10H16O5P2. The molecule has 0 bridgehead atoms. The van der Waals surface area contributed by atoms with Crippen LogP contribution in [0.25, 0.3) is 0 Å². The van der Waals surface area contributed by atoms with Crippen LogP contribution in [0.4, 0.5) is 0 Å². The van der Waals surface area contributed by atoms with Crippen LogP contribution in [0, 0.1) is 0 Å². The van der Waals surface area contributed by atoms with Gasteiger partial charge in [0.15, 0.2) is 0 Å². The first-order valence-corrected chi connectivity index (χ1v) is 8.71. The van der Waals surface area contributed by atoms with E-state index in [1.54, 1.807) is 32.0 Å². The normalized spacial score (nSPS) is 18.6. The second-order valence-corrected chi connectivity index (χ2v) is 8.51. The lowest BCUT2D eigenvalue weighted by Gasteiger charge is -2.18. The Balaban J connectivity index is 2.87. The summed E-state index contributed by atoms with van der Waals surface area (Å²) in [4.78, 5) is 19.3. The van der Waals surface area contributed by atoms with E-state index in [0.29, 0.717) is 0 Å². The summed E-state index contributed by atoms with van der Waals surface area (Å²) in [5.74, 6) is -0.762. The number of benzene rings is 1. The van der Waals surface area contributed by atoms with Crippen LogP contribution in [0.3, 0.4) is 0 Å². The highest BCUT2D eigenvalue weighted by atomic mass is 31.2. The van der Waals surface area contributed by atoms with Gasteiger partial charge in [0.25, 0.3) is 0 Å². The molecule has 1 aromatic carbocycles. The standard InChI is InChI=1S/C10H16O5P2/c1-9(2)15-17(13,14)8-16(11,12)10-6-4-3-5-7-10/h3-7,9H,8H2,1-2H3,(H,11,12)(H,13,14). The van der Waals surface area contributed by atoms with Crippen molar-refractivity contribution in [3.8, 4) is 0 Å². The van der Waals surface area contributed by atoms with E-state index in [2.05, 4.69) is 0 Å². The highest BCUT2D eigenvalue weighted by molar-refractivity contribution is 7.77. The predicted octanol–water partition coefficient (Wildman–Crippen LogP) is 2.15. The fourth-order valence-electron chi connectivity index (χ4n) is 1.35. The molecule has 7 heteroatoms. The lowest BCUT2D eigenvalue weighted by molar-refractivity contribution is 0.207. The summed E-state index contributed by atoms with van der Waals surface area (Å²) < 4.78 is 28.3. The Labute approximate surface area is 100 Å². The average Bonchev–Trinajstić information content (AvgIpc) is 2.15. The van der Waals surface area contributed by atoms with E-state index in [0.717, 1.165) is 0 Å². The Kier molecular flexibility index (Phi) is 4.70. The van der Waals surface area contributed by atoms with Gasteiger partial charge in [0.2, 0.25) is 7.37 Å². The third-order valence-corrected chi connectivity index (χ3v) is 6.72. The first-order valence-electron chi connectivity index (χ1n) is 5.10. The molecule has 0 amide bonds. The second kappa shape index (κ2) is 5.47. The molecule has 0 spiro atoms. The minimum absolute atomic E-state index is 0.154. The quantitative estimate of drug-likeness (QED) is 0.806. The molecule has 96 valence electrons. The third-order valence-electron chi connectivity index (χ3n) is 1.91. The molecule has 0 aromatic heterocycles. The van der Waals surface area contributed by atoms with Crippen molar-refractivity contribution in [2.75, 3.05) is 5.90 Å². The van der Waals surface area contributed by atoms with Crippen molar-refractivity contribution in [2.45, 2.75) is 20.0 Å². The lowest BCUT2D eigenvalue weighted by atomic mass is 10.4. The van der Waals surface area contributed by atoms with Crippen molar-refractivity contribution in [3.63, 3.8) is 0 Å². The zero-order chi connectivity index (χ0) is 13.1. The van der Waals surface area contributed by atoms with Crippen LogP contribution in [0.5, 0.6) is 0 Å². The molecule has 0 radical (unpaired) electrons. The molecule has 2 unspecified atom stereocenters. The molecule has 0 aliphatic carbocycles. The van der Waals surface area contributed by atoms with Crippen LogP contribution in [-0.2, 0) is 13.7 Å². The highest BCUT2D eigenvalue weighted by Crippen LogP contribution is 2.57. The van der Waals surface area contributed by atoms with E-state index in [9.17, 15) is 18.9 Å². The molecule has 5 nitrogen and oxygen atoms in total. The topological polar surface area (TPSA) is 83.8 Å². The number of hydrogen-bond acceptors (Lipinski definition) is 3. The SMILES string of the molecule is CC(C)OP(=O)(O)CP(=O)(O)c1ccccc1. The van der Waals surface area contributed by atoms with Crippen LogP contribution >= 0.6 is 15.0 Å². The Hall–Kier alpha value is -0.440. The van der Waals surface area contributed by atoms with E-state index in [-0.39, 0.29) is 5.30 Å². The Morgan fingerprint density at radius 3 is 2.18 bits per heavy atom. The number of hydrogen-bond donors (Lipinski definition) is 2. The molecule has 1 rings (SSSR count). The highest BCUT2D eigenvalue weighted by Gasteiger charge is 2.34. The molecule has 0 saturated carbocycles. The van der Waals surface area contributed by atoms with Crippen LogP contribution in [-0.4, -0.2) is 21.8 Å². The first kappa shape index (κ1) is 14.6. The van der Waals surface area contributed by atoms with Gasteiger partial charge >= 0.3 is 7.60 Å². The Bertz CT molecular complexity index is 457. The van der Waals surface area contributed by atoms with Gasteiger partial charge < -0.3 is 14.3 Å². The van der Waals surface area contributed by atoms with E-state index in [4.69, 9.17) is 4.52 Å². The maximum Gasteiger partial charge on any atom is 0.338 e. The summed E-state index contributed by atoms with van der Waals surface area (Å²) in [6, 6.07) is 7.81. The van der Waals surface area contributed by atoms with E-state index in [1.165, 1.54) is 12.1 Å². The second-order valence-electron chi connectivity index (χ2n) is 3.97. The van der Waals surface area contributed by atoms with Gasteiger partial charge in [0, 0.05) is 5.30 Å². The van der Waals surface area contributed by atoms with E-state index < -0.39 is 27.0 Å². The van der Waals surface area contributed by atoms with Crippen molar-refractivity contribution in [2.24, 2.45) is 0 Å². The maximum absolute atomic E-state index is 12.0. The minimum atomic E-state index is -4.05. The largest absolute Gasteiger partial charge is 0.341 e. The number of rotatable bonds is 5. The molecule has 0 aliphatic rings. The maximum atomic E-state index is 12.0. The summed E-state index contributed by atoms with van der Waals surface area (Å²) in [6.45, 7) is 3.18. The monoisotopic (exact) mass is 278 g/mol. The van der Waals surface area contributed by atoms with Crippen molar-refractivity contribution in [1.29, 1.82) is 0 Å². The molecular weight excluding hydrogens is 262 g/mol. The van der Waals surface area contributed by atoms with Gasteiger partial charge in [0.05, 0.1) is 6.10 Å². The van der Waals surface area contributed by atoms with Gasteiger partial charge in [-0.1, -0.05) is 18.2 Å². The summed E-state index contributed by atoms with van der Waals surface area (Å²) >= 11 is 0. The zero-order valence-corrected chi connectivity index (χ0v) is 11.5. The van der Waals surface area contributed by atoms with E-state index >= 15 is 0 Å². The van der Waals surface area contributed by atoms with Gasteiger partial charge in [0.1, 0.15) is 5.90 Å². The van der Waals surface area contributed by atoms with Gasteiger partial charge in [-0.2, -0.15) is 0 Å². The molecule has 1 aromatic rings.